The van der Waals surface area contributed by atoms with Crippen LogP contribution >= 0.6 is 11.3 Å². The average Bonchev–Trinajstić information content (AvgIpc) is 3.63. The summed E-state index contributed by atoms with van der Waals surface area (Å²) in [5, 5.41) is 3.79. The van der Waals surface area contributed by atoms with Crippen molar-refractivity contribution in [3.05, 3.63) is 161 Å². The smallest absolute Gasteiger partial charge is 0.264 e. The van der Waals surface area contributed by atoms with Gasteiger partial charge >= 0.3 is 0 Å². The van der Waals surface area contributed by atoms with Crippen molar-refractivity contribution in [2.24, 2.45) is 0 Å². The van der Waals surface area contributed by atoms with Crippen molar-refractivity contribution in [2.45, 2.75) is 104 Å². The minimum atomic E-state index is -0.269. The first kappa shape index (κ1) is 38.9. The quantitative estimate of drug-likeness (QED) is 0.161. The van der Waals surface area contributed by atoms with Gasteiger partial charge in [0.05, 0.1) is 11.4 Å². The van der Waals surface area contributed by atoms with Crippen LogP contribution in [-0.2, 0) is 21.7 Å². The highest BCUT2D eigenvalue weighted by Crippen LogP contribution is 2.55. The van der Waals surface area contributed by atoms with Gasteiger partial charge in [0.2, 0.25) is 0 Å². The van der Waals surface area contributed by atoms with Gasteiger partial charge in [-0.1, -0.05) is 135 Å². The normalized spacial score (nSPS) is 17.3. The van der Waals surface area contributed by atoms with E-state index in [0.29, 0.717) is 0 Å². The fourth-order valence-electron chi connectivity index (χ4n) is 11.7. The maximum Gasteiger partial charge on any atom is 0.264 e. The summed E-state index contributed by atoms with van der Waals surface area (Å²) >= 11 is 1.99. The number of para-hydroxylation sites is 1. The van der Waals surface area contributed by atoms with Crippen LogP contribution in [0.5, 0.6) is 11.5 Å². The molecule has 63 heavy (non-hydrogen) atoms. The lowest BCUT2D eigenvalue weighted by Gasteiger charge is -2.46. The van der Waals surface area contributed by atoms with Crippen LogP contribution in [0.2, 0.25) is 0 Å². The molecule has 12 rings (SSSR count). The van der Waals surface area contributed by atoms with Crippen molar-refractivity contribution in [3.63, 3.8) is 0 Å². The van der Waals surface area contributed by atoms with Crippen LogP contribution < -0.4 is 30.2 Å². The number of anilines is 6. The molecule has 0 unspecified atom stereocenters. The van der Waals surface area contributed by atoms with Crippen molar-refractivity contribution in [2.75, 3.05) is 9.80 Å². The molecule has 7 aromatic carbocycles. The Hall–Kier alpha value is -5.78. The molecule has 0 spiro atoms. The molecule has 0 amide bonds. The second-order valence-electron chi connectivity index (χ2n) is 21.7. The summed E-state index contributed by atoms with van der Waals surface area (Å²) in [7, 11) is 0. The third kappa shape index (κ3) is 5.51. The summed E-state index contributed by atoms with van der Waals surface area (Å²) in [6, 6.07) is 48.8. The molecule has 0 saturated carbocycles. The predicted octanol–water partition coefficient (Wildman–Crippen LogP) is 14.5. The SMILES string of the molecule is Cc1cc2c3c(c1)N(c1ccc4c(c1)C(C)(C)CCC4(C)C)c1c(sc4ccc(C(C)(C)C)cc14)B3c1cc3c(cc1N2c1cccc2ccccc12)Oc1ccccc1C3(C)C. The van der Waals surface area contributed by atoms with E-state index in [1.807, 2.05) is 11.3 Å². The van der Waals surface area contributed by atoms with Crippen molar-refractivity contribution in [1.82, 2.24) is 0 Å². The number of thiophene rings is 1. The summed E-state index contributed by atoms with van der Waals surface area (Å²) < 4.78 is 9.68. The van der Waals surface area contributed by atoms with Crippen LogP contribution in [0.3, 0.4) is 0 Å². The molecule has 1 aromatic heterocycles. The summed E-state index contributed by atoms with van der Waals surface area (Å²) in [6.45, 7) is 23.8. The van der Waals surface area contributed by atoms with Gasteiger partial charge in [-0.2, -0.15) is 0 Å². The maximum atomic E-state index is 6.95. The van der Waals surface area contributed by atoms with E-state index in [0.717, 1.165) is 11.5 Å². The first-order valence-electron chi connectivity index (χ1n) is 22.9. The summed E-state index contributed by atoms with van der Waals surface area (Å²) in [6.07, 6.45) is 2.37. The Morgan fingerprint density at radius 3 is 2.10 bits per heavy atom. The first-order valence-corrected chi connectivity index (χ1v) is 23.7. The van der Waals surface area contributed by atoms with E-state index in [1.165, 1.54) is 117 Å². The van der Waals surface area contributed by atoms with Crippen molar-refractivity contribution in [1.29, 1.82) is 0 Å². The molecule has 312 valence electrons. The second kappa shape index (κ2) is 12.9. The summed E-state index contributed by atoms with van der Waals surface area (Å²) in [5.74, 6) is 1.87. The van der Waals surface area contributed by atoms with Crippen molar-refractivity contribution >= 4 is 88.7 Å². The van der Waals surface area contributed by atoms with Crippen LogP contribution in [0.4, 0.5) is 34.1 Å². The van der Waals surface area contributed by atoms with Gasteiger partial charge in [-0.3, -0.25) is 0 Å². The molecule has 1 aliphatic carbocycles. The molecule has 0 N–H and O–H groups in total. The fraction of sp³-hybridized carbons (Fsp3) is 0.276. The zero-order valence-electron chi connectivity index (χ0n) is 38.3. The van der Waals surface area contributed by atoms with E-state index in [2.05, 4.69) is 206 Å². The Morgan fingerprint density at radius 1 is 0.587 bits per heavy atom. The Kier molecular flexibility index (Phi) is 7.97. The van der Waals surface area contributed by atoms with Gasteiger partial charge in [-0.25, -0.2) is 0 Å². The van der Waals surface area contributed by atoms with Crippen molar-refractivity contribution in [3.8, 4) is 11.5 Å². The number of fused-ring (bicyclic) bond motifs is 10. The second-order valence-corrected chi connectivity index (χ2v) is 22.8. The van der Waals surface area contributed by atoms with E-state index >= 15 is 0 Å². The fourth-order valence-corrected chi connectivity index (χ4v) is 13.0. The number of benzene rings is 7. The molecule has 0 radical (unpaired) electrons. The Morgan fingerprint density at radius 2 is 1.30 bits per heavy atom. The van der Waals surface area contributed by atoms with Crippen LogP contribution in [0, 0.1) is 6.92 Å². The van der Waals surface area contributed by atoms with Crippen LogP contribution in [-0.4, -0.2) is 6.71 Å². The van der Waals surface area contributed by atoms with E-state index in [4.69, 9.17) is 4.74 Å². The molecule has 0 atom stereocenters. The highest BCUT2D eigenvalue weighted by Gasteiger charge is 2.48. The van der Waals surface area contributed by atoms with Gasteiger partial charge < -0.3 is 14.5 Å². The standard InChI is InChI=1S/C58H55BN2OS/c1-34-28-47-52-48(29-34)61(45-20-15-17-35-16-11-12-18-38(35)45)46-33-50-43(58(9,10)41-19-13-14-21-49(41)62-50)32-44(46)59(52)54-53(39-30-36(55(2,3)4)22-25-51(39)63-54)60(47)37-23-24-40-42(31-37)57(7,8)27-26-56(40,5)6/h11-25,28-33H,26-27H2,1-10H3. The number of hydrogen-bond donors (Lipinski definition) is 0. The van der Waals surface area contributed by atoms with Gasteiger partial charge in [0.25, 0.3) is 6.71 Å². The van der Waals surface area contributed by atoms with Crippen LogP contribution in [0.15, 0.2) is 127 Å². The van der Waals surface area contributed by atoms with E-state index in [-0.39, 0.29) is 28.4 Å². The molecular weight excluding hydrogens is 784 g/mol. The molecule has 5 heteroatoms. The number of ether oxygens (including phenoxy) is 1. The Balaban J connectivity index is 1.21. The lowest BCUT2D eigenvalue weighted by molar-refractivity contribution is 0.332. The number of hydrogen-bond acceptors (Lipinski definition) is 4. The van der Waals surface area contributed by atoms with E-state index < -0.39 is 0 Å². The zero-order chi connectivity index (χ0) is 43.5. The largest absolute Gasteiger partial charge is 0.457 e. The maximum absolute atomic E-state index is 6.95. The van der Waals surface area contributed by atoms with Gasteiger partial charge in [0.1, 0.15) is 11.5 Å². The third-order valence-electron chi connectivity index (χ3n) is 15.3. The van der Waals surface area contributed by atoms with E-state index in [9.17, 15) is 0 Å². The number of nitrogens with zero attached hydrogens (tertiary/aromatic N) is 2. The molecule has 4 heterocycles. The Labute approximate surface area is 377 Å². The van der Waals surface area contributed by atoms with Crippen molar-refractivity contribution < 1.29 is 4.74 Å². The monoisotopic (exact) mass is 838 g/mol. The molecule has 3 nitrogen and oxygen atoms in total. The summed E-state index contributed by atoms with van der Waals surface area (Å²) in [5.41, 5.74) is 18.1. The minimum Gasteiger partial charge on any atom is -0.457 e. The van der Waals surface area contributed by atoms with E-state index in [1.54, 1.807) is 0 Å². The number of rotatable bonds is 2. The molecule has 4 aliphatic rings. The minimum absolute atomic E-state index is 0.00291. The van der Waals surface area contributed by atoms with Gasteiger partial charge in [0, 0.05) is 65.6 Å². The Bertz CT molecular complexity index is 3270. The van der Waals surface area contributed by atoms with Crippen LogP contribution in [0.25, 0.3) is 20.9 Å². The van der Waals surface area contributed by atoms with Gasteiger partial charge in [-0.05, 0) is 123 Å². The average molecular weight is 839 g/mol. The predicted molar refractivity (Wildman–Crippen MR) is 271 cm³/mol. The molecular formula is C58H55BN2OS. The highest BCUT2D eigenvalue weighted by atomic mass is 32.1. The third-order valence-corrected chi connectivity index (χ3v) is 16.6. The highest BCUT2D eigenvalue weighted by molar-refractivity contribution is 7.33. The molecule has 0 bridgehead atoms. The zero-order valence-corrected chi connectivity index (χ0v) is 39.1. The molecule has 0 saturated heterocycles. The summed E-state index contributed by atoms with van der Waals surface area (Å²) in [4.78, 5) is 5.25. The lowest BCUT2D eigenvalue weighted by atomic mass is 9.36. The number of aryl methyl sites for hydroxylation is 1. The molecule has 8 aromatic rings. The molecule has 0 fully saturated rings. The molecule has 3 aliphatic heterocycles. The lowest BCUT2D eigenvalue weighted by Crippen LogP contribution is -2.60. The first-order chi connectivity index (χ1) is 30.0. The van der Waals surface area contributed by atoms with Gasteiger partial charge in [0.15, 0.2) is 0 Å². The van der Waals surface area contributed by atoms with Gasteiger partial charge in [-0.15, -0.1) is 11.3 Å². The van der Waals surface area contributed by atoms with Crippen LogP contribution in [0.1, 0.15) is 109 Å². The topological polar surface area (TPSA) is 15.7 Å².